The molecule has 1 N–H and O–H groups in total. The van der Waals surface area contributed by atoms with Crippen LogP contribution < -0.4 is 0 Å². The van der Waals surface area contributed by atoms with Gasteiger partial charge in [0.1, 0.15) is 6.04 Å². The first-order chi connectivity index (χ1) is 8.68. The van der Waals surface area contributed by atoms with Crippen LogP contribution in [-0.2, 0) is 17.6 Å². The molecule has 1 atom stereocenters. The number of thiophene rings is 1. The molecular formula is C11H14N4O2S. The second-order valence-corrected chi connectivity index (χ2v) is 5.02. The average Bonchev–Trinajstić information content (AvgIpc) is 2.98. The van der Waals surface area contributed by atoms with E-state index in [0.717, 1.165) is 12.8 Å². The first-order valence-corrected chi connectivity index (χ1v) is 6.58. The average molecular weight is 266 g/mol. The molecule has 2 aromatic heterocycles. The predicted molar refractivity (Wildman–Crippen MR) is 66.5 cm³/mol. The van der Waals surface area contributed by atoms with E-state index in [9.17, 15) is 4.79 Å². The molecule has 7 heteroatoms. The SMILES string of the molecule is CC(C(=O)O)n1nnnc1CCCc1cccs1. The Kier molecular flexibility index (Phi) is 4.03. The Hall–Kier alpha value is -1.76. The smallest absolute Gasteiger partial charge is 0.328 e. The summed E-state index contributed by atoms with van der Waals surface area (Å²) in [7, 11) is 0. The number of tetrazole rings is 1. The molecule has 1 unspecified atom stereocenters. The van der Waals surface area contributed by atoms with Crippen molar-refractivity contribution in [3.05, 3.63) is 28.2 Å². The summed E-state index contributed by atoms with van der Waals surface area (Å²) in [5.41, 5.74) is 0. The highest BCUT2D eigenvalue weighted by Gasteiger charge is 2.18. The molecule has 2 aromatic rings. The first kappa shape index (κ1) is 12.7. The van der Waals surface area contributed by atoms with Gasteiger partial charge < -0.3 is 5.11 Å². The maximum Gasteiger partial charge on any atom is 0.328 e. The topological polar surface area (TPSA) is 80.9 Å². The number of carboxylic acids is 1. The van der Waals surface area contributed by atoms with Crippen LogP contribution >= 0.6 is 11.3 Å². The largest absolute Gasteiger partial charge is 0.480 e. The summed E-state index contributed by atoms with van der Waals surface area (Å²) >= 11 is 1.72. The number of rotatable bonds is 6. The van der Waals surface area contributed by atoms with Gasteiger partial charge in [0.05, 0.1) is 0 Å². The fraction of sp³-hybridized carbons (Fsp3) is 0.455. The van der Waals surface area contributed by atoms with E-state index in [-0.39, 0.29) is 0 Å². The lowest BCUT2D eigenvalue weighted by Gasteiger charge is -2.08. The minimum Gasteiger partial charge on any atom is -0.480 e. The van der Waals surface area contributed by atoms with Gasteiger partial charge >= 0.3 is 5.97 Å². The Morgan fingerprint density at radius 3 is 3.06 bits per heavy atom. The van der Waals surface area contributed by atoms with Crippen LogP contribution in [0.2, 0.25) is 0 Å². The van der Waals surface area contributed by atoms with Crippen molar-refractivity contribution in [1.82, 2.24) is 20.2 Å². The minimum absolute atomic E-state index is 0.626. The number of hydrogen-bond acceptors (Lipinski definition) is 5. The fourth-order valence-electron chi connectivity index (χ4n) is 1.66. The number of aromatic nitrogens is 4. The number of nitrogens with zero attached hydrogens (tertiary/aromatic N) is 4. The number of aryl methyl sites for hydroxylation is 2. The second-order valence-electron chi connectivity index (χ2n) is 3.99. The normalized spacial score (nSPS) is 12.5. The minimum atomic E-state index is -0.929. The maximum absolute atomic E-state index is 10.9. The van der Waals surface area contributed by atoms with Crippen LogP contribution in [0.4, 0.5) is 0 Å². The van der Waals surface area contributed by atoms with Crippen molar-refractivity contribution < 1.29 is 9.90 Å². The molecule has 6 nitrogen and oxygen atoms in total. The summed E-state index contributed by atoms with van der Waals surface area (Å²) in [6, 6.07) is 3.39. The highest BCUT2D eigenvalue weighted by molar-refractivity contribution is 7.09. The molecular weight excluding hydrogens is 252 g/mol. The standard InChI is InChI=1S/C11H14N4O2S/c1-8(11(16)17)15-10(12-13-14-15)6-2-4-9-5-3-7-18-9/h3,5,7-8H,2,4,6H2,1H3,(H,16,17). The fourth-order valence-corrected chi connectivity index (χ4v) is 2.41. The van der Waals surface area contributed by atoms with Crippen molar-refractivity contribution in [3.63, 3.8) is 0 Å². The van der Waals surface area contributed by atoms with Crippen LogP contribution in [0.5, 0.6) is 0 Å². The van der Waals surface area contributed by atoms with Crippen molar-refractivity contribution in [1.29, 1.82) is 0 Å². The van der Waals surface area contributed by atoms with Gasteiger partial charge in [-0.1, -0.05) is 6.07 Å². The molecule has 0 aromatic carbocycles. The van der Waals surface area contributed by atoms with Gasteiger partial charge in [-0.25, -0.2) is 9.48 Å². The molecule has 2 rings (SSSR count). The lowest BCUT2D eigenvalue weighted by molar-refractivity contribution is -0.140. The molecule has 96 valence electrons. The molecule has 0 radical (unpaired) electrons. The molecule has 0 saturated heterocycles. The van der Waals surface area contributed by atoms with Gasteiger partial charge in [0.2, 0.25) is 0 Å². The van der Waals surface area contributed by atoms with Crippen LogP contribution in [0.1, 0.15) is 30.1 Å². The number of aliphatic carboxylic acids is 1. The van der Waals surface area contributed by atoms with Crippen LogP contribution in [0.25, 0.3) is 0 Å². The van der Waals surface area contributed by atoms with Crippen LogP contribution in [-0.4, -0.2) is 31.3 Å². The second kappa shape index (κ2) is 5.72. The van der Waals surface area contributed by atoms with E-state index < -0.39 is 12.0 Å². The van der Waals surface area contributed by atoms with E-state index >= 15 is 0 Å². The molecule has 2 heterocycles. The first-order valence-electron chi connectivity index (χ1n) is 5.70. The van der Waals surface area contributed by atoms with Gasteiger partial charge in [0.25, 0.3) is 0 Å². The lowest BCUT2D eigenvalue weighted by Crippen LogP contribution is -2.19. The third kappa shape index (κ3) is 2.92. The molecule has 0 amide bonds. The summed E-state index contributed by atoms with van der Waals surface area (Å²) in [5, 5.41) is 22.1. The van der Waals surface area contributed by atoms with Gasteiger partial charge in [-0.3, -0.25) is 0 Å². The van der Waals surface area contributed by atoms with E-state index in [1.165, 1.54) is 9.56 Å². The Balaban J connectivity index is 1.93. The van der Waals surface area contributed by atoms with Crippen LogP contribution in [0.3, 0.4) is 0 Å². The lowest BCUT2D eigenvalue weighted by atomic mass is 10.2. The zero-order valence-electron chi connectivity index (χ0n) is 9.98. The zero-order chi connectivity index (χ0) is 13.0. The monoisotopic (exact) mass is 266 g/mol. The van der Waals surface area contributed by atoms with Gasteiger partial charge in [-0.2, -0.15) is 0 Å². The molecule has 0 bridgehead atoms. The van der Waals surface area contributed by atoms with E-state index in [0.29, 0.717) is 12.2 Å². The molecule has 0 fully saturated rings. The molecule has 0 aliphatic rings. The summed E-state index contributed by atoms with van der Waals surface area (Å²) in [6.07, 6.45) is 2.56. The van der Waals surface area contributed by atoms with E-state index in [1.54, 1.807) is 18.3 Å². The third-order valence-electron chi connectivity index (χ3n) is 2.69. The molecule has 0 aliphatic heterocycles. The Bertz CT molecular complexity index is 509. The van der Waals surface area contributed by atoms with Crippen molar-refractivity contribution in [2.75, 3.05) is 0 Å². The van der Waals surface area contributed by atoms with Gasteiger partial charge in [0.15, 0.2) is 5.82 Å². The van der Waals surface area contributed by atoms with Crippen molar-refractivity contribution in [3.8, 4) is 0 Å². The van der Waals surface area contributed by atoms with Crippen molar-refractivity contribution >= 4 is 17.3 Å². The van der Waals surface area contributed by atoms with Crippen LogP contribution in [0.15, 0.2) is 17.5 Å². The molecule has 18 heavy (non-hydrogen) atoms. The Morgan fingerprint density at radius 1 is 1.56 bits per heavy atom. The van der Waals surface area contributed by atoms with E-state index in [1.807, 2.05) is 11.4 Å². The maximum atomic E-state index is 10.9. The summed E-state index contributed by atoms with van der Waals surface area (Å²) in [5.74, 6) is -0.303. The van der Waals surface area contributed by atoms with Crippen LogP contribution in [0, 0.1) is 0 Å². The van der Waals surface area contributed by atoms with Crippen molar-refractivity contribution in [2.24, 2.45) is 0 Å². The third-order valence-corrected chi connectivity index (χ3v) is 3.63. The molecule has 0 spiro atoms. The zero-order valence-corrected chi connectivity index (χ0v) is 10.8. The highest BCUT2D eigenvalue weighted by Crippen LogP contribution is 2.13. The van der Waals surface area contributed by atoms with Gasteiger partial charge in [0, 0.05) is 11.3 Å². The summed E-state index contributed by atoms with van der Waals surface area (Å²) in [4.78, 5) is 12.2. The number of carboxylic acid groups (broad SMARTS) is 1. The van der Waals surface area contributed by atoms with Gasteiger partial charge in [-0.15, -0.1) is 16.4 Å². The summed E-state index contributed by atoms with van der Waals surface area (Å²) in [6.45, 7) is 1.57. The highest BCUT2D eigenvalue weighted by atomic mass is 32.1. The molecule has 0 saturated carbocycles. The predicted octanol–water partition coefficient (Wildman–Crippen LogP) is 1.56. The molecule has 0 aliphatic carbocycles. The summed E-state index contributed by atoms with van der Waals surface area (Å²) < 4.78 is 1.37. The van der Waals surface area contributed by atoms with E-state index in [4.69, 9.17) is 5.11 Å². The Labute approximate surface area is 108 Å². The number of carbonyl (C=O) groups is 1. The number of hydrogen-bond donors (Lipinski definition) is 1. The van der Waals surface area contributed by atoms with Crippen molar-refractivity contribution in [2.45, 2.75) is 32.2 Å². The van der Waals surface area contributed by atoms with E-state index in [2.05, 4.69) is 21.6 Å². The quantitative estimate of drug-likeness (QED) is 0.858. The Morgan fingerprint density at radius 2 is 2.39 bits per heavy atom. The van der Waals surface area contributed by atoms with Gasteiger partial charge in [-0.05, 0) is 41.6 Å².